The summed E-state index contributed by atoms with van der Waals surface area (Å²) < 4.78 is 0. The van der Waals surface area contributed by atoms with Gasteiger partial charge in [-0.15, -0.1) is 0 Å². The van der Waals surface area contributed by atoms with E-state index in [-0.39, 0.29) is 30.4 Å². The molecule has 0 radical (unpaired) electrons. The molecule has 0 amide bonds. The zero-order valence-electron chi connectivity index (χ0n) is 19.3. The molecule has 1 fully saturated rings. The minimum absolute atomic E-state index is 0. The Hall–Kier alpha value is -3.24. The molecule has 1 saturated carbocycles. The summed E-state index contributed by atoms with van der Waals surface area (Å²) in [4.78, 5) is 8.57. The van der Waals surface area contributed by atoms with Gasteiger partial charge in [-0.1, -0.05) is 72.8 Å². The average Bonchev–Trinajstić information content (AvgIpc) is 2.87. The van der Waals surface area contributed by atoms with E-state index in [0.29, 0.717) is 0 Å². The van der Waals surface area contributed by atoms with E-state index in [1.807, 2.05) is 12.3 Å². The van der Waals surface area contributed by atoms with Crippen molar-refractivity contribution in [2.24, 2.45) is 0 Å². The van der Waals surface area contributed by atoms with Gasteiger partial charge in [-0.25, -0.2) is 9.97 Å². The molecular formula is C30H27Cl2N3. The van der Waals surface area contributed by atoms with E-state index >= 15 is 0 Å². The highest BCUT2D eigenvalue weighted by Gasteiger charge is 2.38. The number of rotatable bonds is 4. The molecule has 2 aromatic heterocycles. The molecule has 5 aromatic rings. The van der Waals surface area contributed by atoms with E-state index in [2.05, 4.69) is 102 Å². The third-order valence-electron chi connectivity index (χ3n) is 7.00. The number of benzene rings is 3. The normalized spacial score (nSPS) is 13.9. The SMILES string of the molecule is [Cl-].[Cl-].[NH3+]C1(c2ccc(-c3nc4c[nH+]c(-c5ccccc5)cc4cc3-c3ccccc3)cc2)CCC1. The van der Waals surface area contributed by atoms with Crippen molar-refractivity contribution in [3.05, 3.63) is 109 Å². The maximum absolute atomic E-state index is 5.14. The topological polar surface area (TPSA) is 54.7 Å². The maximum Gasteiger partial charge on any atom is 0.211 e. The van der Waals surface area contributed by atoms with Crippen LogP contribution in [0.2, 0.25) is 0 Å². The lowest BCUT2D eigenvalue weighted by Gasteiger charge is -2.34. The number of hydrogen-bond acceptors (Lipinski definition) is 1. The standard InChI is InChI=1S/C30H25N3.2ClH/c31-30(16-7-17-30)25-14-12-23(13-15-25)29-26(21-8-3-1-4-9-21)18-24-19-27(32-20-28(24)33-29)22-10-5-2-6-11-22;;/h1-6,8-15,18-20H,7,16-17,31H2;2*1H. The van der Waals surface area contributed by atoms with Crippen LogP contribution >= 0.6 is 0 Å². The summed E-state index contributed by atoms with van der Waals surface area (Å²) in [6.45, 7) is 0. The fourth-order valence-electron chi connectivity index (χ4n) is 4.83. The first-order valence-corrected chi connectivity index (χ1v) is 11.6. The lowest BCUT2D eigenvalue weighted by Crippen LogP contribution is -3.00. The predicted octanol–water partition coefficient (Wildman–Crippen LogP) is -0.321. The summed E-state index contributed by atoms with van der Waals surface area (Å²) in [5.74, 6) is 0. The van der Waals surface area contributed by atoms with E-state index in [0.717, 1.165) is 33.4 Å². The summed E-state index contributed by atoms with van der Waals surface area (Å²) in [6.07, 6.45) is 5.64. The first-order chi connectivity index (χ1) is 16.2. The number of hydrogen-bond donors (Lipinski definition) is 1. The lowest BCUT2D eigenvalue weighted by molar-refractivity contribution is -0.509. The van der Waals surface area contributed by atoms with Crippen molar-refractivity contribution in [1.29, 1.82) is 0 Å². The average molecular weight is 500 g/mol. The number of halogens is 2. The van der Waals surface area contributed by atoms with Crippen LogP contribution in [0.5, 0.6) is 0 Å². The van der Waals surface area contributed by atoms with Crippen molar-refractivity contribution in [2.45, 2.75) is 24.8 Å². The Kier molecular flexibility index (Phi) is 7.23. The highest BCUT2D eigenvalue weighted by Crippen LogP contribution is 2.39. The van der Waals surface area contributed by atoms with Gasteiger partial charge >= 0.3 is 0 Å². The third kappa shape index (κ3) is 4.68. The lowest BCUT2D eigenvalue weighted by atomic mass is 9.72. The zero-order valence-corrected chi connectivity index (χ0v) is 20.9. The number of aromatic nitrogens is 2. The number of aromatic amines is 1. The van der Waals surface area contributed by atoms with Crippen molar-refractivity contribution in [2.75, 3.05) is 0 Å². The van der Waals surface area contributed by atoms with Crippen molar-refractivity contribution in [3.63, 3.8) is 0 Å². The molecule has 0 spiro atoms. The van der Waals surface area contributed by atoms with E-state index in [1.54, 1.807) is 0 Å². The molecule has 35 heavy (non-hydrogen) atoms. The Morgan fingerprint density at radius 2 is 1.34 bits per heavy atom. The number of nitrogens with zero attached hydrogens (tertiary/aromatic N) is 1. The van der Waals surface area contributed by atoms with Gasteiger partial charge in [-0.2, -0.15) is 0 Å². The maximum atomic E-state index is 5.14. The summed E-state index contributed by atoms with van der Waals surface area (Å²) >= 11 is 0. The van der Waals surface area contributed by atoms with Gasteiger partial charge in [0.25, 0.3) is 0 Å². The van der Waals surface area contributed by atoms with Gasteiger partial charge in [0.2, 0.25) is 5.69 Å². The van der Waals surface area contributed by atoms with Crippen LogP contribution in [0.1, 0.15) is 24.8 Å². The molecule has 2 heterocycles. The van der Waals surface area contributed by atoms with E-state index < -0.39 is 0 Å². The molecule has 6 rings (SSSR count). The molecule has 0 unspecified atom stereocenters. The van der Waals surface area contributed by atoms with Crippen LogP contribution < -0.4 is 35.5 Å². The van der Waals surface area contributed by atoms with Crippen LogP contribution in [-0.4, -0.2) is 4.98 Å². The van der Waals surface area contributed by atoms with Crippen molar-refractivity contribution in [3.8, 4) is 33.6 Å². The predicted molar refractivity (Wildman–Crippen MR) is 133 cm³/mol. The number of fused-ring (bicyclic) bond motifs is 1. The van der Waals surface area contributed by atoms with Gasteiger partial charge in [0.1, 0.15) is 11.1 Å². The number of quaternary nitrogens is 1. The molecule has 1 aliphatic carbocycles. The van der Waals surface area contributed by atoms with Crippen LogP contribution in [0.15, 0.2) is 103 Å². The summed E-state index contributed by atoms with van der Waals surface area (Å²) in [7, 11) is 0. The smallest absolute Gasteiger partial charge is 0.211 e. The Labute approximate surface area is 218 Å². The van der Waals surface area contributed by atoms with E-state index in [1.165, 1.54) is 36.0 Å². The van der Waals surface area contributed by atoms with Gasteiger partial charge in [-0.3, -0.25) is 0 Å². The highest BCUT2D eigenvalue weighted by molar-refractivity contribution is 5.92. The molecular weight excluding hydrogens is 473 g/mol. The molecule has 0 aliphatic heterocycles. The Bertz CT molecular complexity index is 1430. The monoisotopic (exact) mass is 499 g/mol. The Morgan fingerprint density at radius 3 is 1.94 bits per heavy atom. The fourth-order valence-corrected chi connectivity index (χ4v) is 4.83. The Balaban J connectivity index is 0.00000144. The van der Waals surface area contributed by atoms with Gasteiger partial charge in [0.15, 0.2) is 6.20 Å². The second-order valence-corrected chi connectivity index (χ2v) is 9.15. The zero-order chi connectivity index (χ0) is 22.3. The first kappa shape index (κ1) is 24.9. The molecule has 3 aromatic carbocycles. The fraction of sp³-hybridized carbons (Fsp3) is 0.133. The number of pyridine rings is 2. The molecule has 0 atom stereocenters. The first-order valence-electron chi connectivity index (χ1n) is 11.6. The summed E-state index contributed by atoms with van der Waals surface area (Å²) in [5, 5.41) is 1.12. The van der Waals surface area contributed by atoms with Crippen LogP contribution in [0.25, 0.3) is 44.5 Å². The van der Waals surface area contributed by atoms with Gasteiger partial charge in [0.05, 0.1) is 5.69 Å². The minimum atomic E-state index is 0. The van der Waals surface area contributed by atoms with Crippen LogP contribution in [0.4, 0.5) is 0 Å². The molecule has 5 heteroatoms. The van der Waals surface area contributed by atoms with E-state index in [9.17, 15) is 0 Å². The van der Waals surface area contributed by atoms with Gasteiger partial charge < -0.3 is 30.5 Å². The molecule has 0 saturated heterocycles. The van der Waals surface area contributed by atoms with Gasteiger partial charge in [-0.05, 0) is 30.2 Å². The molecule has 4 N–H and O–H groups in total. The molecule has 0 bridgehead atoms. The summed E-state index contributed by atoms with van der Waals surface area (Å²) in [5.41, 5.74) is 13.6. The second kappa shape index (κ2) is 10.2. The number of nitrogens with one attached hydrogen (secondary N) is 1. The second-order valence-electron chi connectivity index (χ2n) is 9.15. The summed E-state index contributed by atoms with van der Waals surface area (Å²) in [6, 6.07) is 34.3. The largest absolute Gasteiger partial charge is 1.00 e. The minimum Gasteiger partial charge on any atom is -1.00 e. The Morgan fingerprint density at radius 1 is 0.714 bits per heavy atom. The van der Waals surface area contributed by atoms with E-state index in [4.69, 9.17) is 4.98 Å². The van der Waals surface area contributed by atoms with Crippen molar-refractivity contribution >= 4 is 10.9 Å². The van der Waals surface area contributed by atoms with Crippen LogP contribution in [0.3, 0.4) is 0 Å². The highest BCUT2D eigenvalue weighted by atomic mass is 35.5. The number of H-pyrrole nitrogens is 1. The van der Waals surface area contributed by atoms with Crippen molar-refractivity contribution < 1.29 is 35.5 Å². The van der Waals surface area contributed by atoms with Crippen LogP contribution in [-0.2, 0) is 5.54 Å². The molecule has 1 aliphatic rings. The van der Waals surface area contributed by atoms with Crippen molar-refractivity contribution in [1.82, 2.24) is 4.98 Å². The van der Waals surface area contributed by atoms with Gasteiger partial charge in [0, 0.05) is 46.5 Å². The third-order valence-corrected chi connectivity index (χ3v) is 7.00. The molecule has 176 valence electrons. The molecule has 3 nitrogen and oxygen atoms in total. The quantitative estimate of drug-likeness (QED) is 0.362. The van der Waals surface area contributed by atoms with Crippen LogP contribution in [0, 0.1) is 0 Å².